The van der Waals surface area contributed by atoms with Crippen molar-refractivity contribution in [3.8, 4) is 0 Å². The fourth-order valence-corrected chi connectivity index (χ4v) is 3.13. The average molecular weight is 279 g/mol. The van der Waals surface area contributed by atoms with E-state index in [0.717, 1.165) is 52.2 Å². The van der Waals surface area contributed by atoms with Crippen molar-refractivity contribution >= 4 is 0 Å². The lowest BCUT2D eigenvalue weighted by molar-refractivity contribution is 0.0702. The summed E-state index contributed by atoms with van der Waals surface area (Å²) in [4.78, 5) is 0. The molecule has 0 saturated carbocycles. The molecule has 5 nitrogen and oxygen atoms in total. The van der Waals surface area contributed by atoms with Crippen LogP contribution in [0.4, 0.5) is 0 Å². The minimum absolute atomic E-state index is 0.211. The fraction of sp³-hybridized carbons (Fsp3) is 0.800. The zero-order valence-electron chi connectivity index (χ0n) is 12.3. The molecule has 2 aliphatic heterocycles. The summed E-state index contributed by atoms with van der Waals surface area (Å²) in [5.41, 5.74) is 1.23. The summed E-state index contributed by atoms with van der Waals surface area (Å²) in [6.07, 6.45) is 7.69. The summed E-state index contributed by atoms with van der Waals surface area (Å²) in [5.74, 6) is 0.562. The van der Waals surface area contributed by atoms with Gasteiger partial charge < -0.3 is 14.8 Å². The molecule has 2 atom stereocenters. The summed E-state index contributed by atoms with van der Waals surface area (Å²) in [7, 11) is 0. The lowest BCUT2D eigenvalue weighted by atomic mass is 9.96. The van der Waals surface area contributed by atoms with Gasteiger partial charge in [0.2, 0.25) is 0 Å². The Balaban J connectivity index is 1.54. The molecular formula is C15H25N3O2. The van der Waals surface area contributed by atoms with Crippen molar-refractivity contribution in [2.24, 2.45) is 5.92 Å². The van der Waals surface area contributed by atoms with E-state index in [0.29, 0.717) is 12.0 Å². The summed E-state index contributed by atoms with van der Waals surface area (Å²) >= 11 is 0. The first-order valence-electron chi connectivity index (χ1n) is 7.82. The van der Waals surface area contributed by atoms with Crippen LogP contribution in [-0.4, -0.2) is 42.2 Å². The second-order valence-electron chi connectivity index (χ2n) is 5.76. The highest BCUT2D eigenvalue weighted by Crippen LogP contribution is 2.34. The lowest BCUT2D eigenvalue weighted by Gasteiger charge is -2.26. The Morgan fingerprint density at radius 2 is 2.15 bits per heavy atom. The zero-order valence-corrected chi connectivity index (χ0v) is 12.3. The van der Waals surface area contributed by atoms with E-state index >= 15 is 0 Å². The van der Waals surface area contributed by atoms with Crippen molar-refractivity contribution in [3.63, 3.8) is 0 Å². The second-order valence-corrected chi connectivity index (χ2v) is 5.76. The van der Waals surface area contributed by atoms with Gasteiger partial charge in [0.05, 0.1) is 12.3 Å². The van der Waals surface area contributed by atoms with Crippen molar-refractivity contribution < 1.29 is 9.47 Å². The van der Waals surface area contributed by atoms with Gasteiger partial charge in [-0.25, -0.2) is 0 Å². The highest BCUT2D eigenvalue weighted by molar-refractivity contribution is 5.11. The molecule has 0 radical (unpaired) electrons. The molecule has 0 spiro atoms. The van der Waals surface area contributed by atoms with Crippen molar-refractivity contribution in [2.75, 3.05) is 26.4 Å². The molecule has 20 heavy (non-hydrogen) atoms. The van der Waals surface area contributed by atoms with Gasteiger partial charge in [-0.15, -0.1) is 0 Å². The molecule has 2 saturated heterocycles. The van der Waals surface area contributed by atoms with Crippen LogP contribution in [0, 0.1) is 5.92 Å². The first kappa shape index (κ1) is 14.0. The average Bonchev–Trinajstić information content (AvgIpc) is 3.14. The normalized spacial score (nSPS) is 28.1. The molecule has 5 heteroatoms. The molecular weight excluding hydrogens is 254 g/mol. The van der Waals surface area contributed by atoms with Gasteiger partial charge in [-0.3, -0.25) is 4.68 Å². The van der Waals surface area contributed by atoms with Gasteiger partial charge in [0.1, 0.15) is 0 Å². The van der Waals surface area contributed by atoms with Crippen LogP contribution < -0.4 is 5.32 Å². The Hall–Kier alpha value is -0.910. The zero-order chi connectivity index (χ0) is 13.8. The Morgan fingerprint density at radius 1 is 1.30 bits per heavy atom. The molecule has 2 fully saturated rings. The Kier molecular flexibility index (Phi) is 4.70. The van der Waals surface area contributed by atoms with Crippen LogP contribution in [-0.2, 0) is 16.0 Å². The molecule has 0 amide bonds. The van der Waals surface area contributed by atoms with Gasteiger partial charge >= 0.3 is 0 Å². The fourth-order valence-electron chi connectivity index (χ4n) is 3.13. The van der Waals surface area contributed by atoms with Crippen LogP contribution in [0.2, 0.25) is 0 Å². The number of rotatable bonds is 5. The Labute approximate surface area is 120 Å². The van der Waals surface area contributed by atoms with Crippen LogP contribution in [0.1, 0.15) is 37.9 Å². The summed E-state index contributed by atoms with van der Waals surface area (Å²) < 4.78 is 13.3. The van der Waals surface area contributed by atoms with Crippen molar-refractivity contribution in [1.82, 2.24) is 15.1 Å². The van der Waals surface area contributed by atoms with E-state index in [2.05, 4.69) is 23.5 Å². The van der Waals surface area contributed by atoms with Gasteiger partial charge in [-0.1, -0.05) is 0 Å². The lowest BCUT2D eigenvalue weighted by Crippen LogP contribution is -2.38. The predicted octanol–water partition coefficient (Wildman–Crippen LogP) is 1.75. The Bertz CT molecular complexity index is 415. The van der Waals surface area contributed by atoms with Crippen molar-refractivity contribution in [3.05, 3.63) is 18.0 Å². The quantitative estimate of drug-likeness (QED) is 0.892. The third kappa shape index (κ3) is 3.22. The van der Waals surface area contributed by atoms with Gasteiger partial charge in [-0.05, 0) is 26.2 Å². The number of ether oxygens (including phenoxy) is 2. The second kappa shape index (κ2) is 6.70. The molecule has 112 valence electrons. The monoisotopic (exact) mass is 279 g/mol. The van der Waals surface area contributed by atoms with Gasteiger partial charge in [-0.2, -0.15) is 5.10 Å². The van der Waals surface area contributed by atoms with Crippen LogP contribution in [0.3, 0.4) is 0 Å². The maximum atomic E-state index is 5.93. The molecule has 0 bridgehead atoms. The molecule has 1 aromatic heterocycles. The molecule has 0 aliphatic carbocycles. The van der Waals surface area contributed by atoms with Gasteiger partial charge in [0, 0.05) is 56.6 Å². The molecule has 3 rings (SSSR count). The van der Waals surface area contributed by atoms with Gasteiger partial charge in [0.15, 0.2) is 0 Å². The van der Waals surface area contributed by atoms with Crippen LogP contribution in [0.25, 0.3) is 0 Å². The number of nitrogens with one attached hydrogen (secondary N) is 1. The highest BCUT2D eigenvalue weighted by Gasteiger charge is 2.31. The SMILES string of the molecule is CCn1cc([C@H]2OCC[C@H]2CNC2CCOCC2)cn1. The number of hydrogen-bond donors (Lipinski definition) is 1. The van der Waals surface area contributed by atoms with E-state index in [1.807, 2.05) is 10.9 Å². The third-order valence-corrected chi connectivity index (χ3v) is 4.41. The van der Waals surface area contributed by atoms with E-state index in [4.69, 9.17) is 9.47 Å². The number of aryl methyl sites for hydroxylation is 1. The maximum Gasteiger partial charge on any atom is 0.0896 e. The minimum Gasteiger partial charge on any atom is -0.381 e. The molecule has 0 aromatic carbocycles. The molecule has 0 unspecified atom stereocenters. The first-order valence-corrected chi connectivity index (χ1v) is 7.82. The summed E-state index contributed by atoms with van der Waals surface area (Å²) in [6.45, 7) is 6.71. The van der Waals surface area contributed by atoms with E-state index in [1.165, 1.54) is 5.56 Å². The minimum atomic E-state index is 0.211. The largest absolute Gasteiger partial charge is 0.381 e. The van der Waals surface area contributed by atoms with Crippen LogP contribution in [0.15, 0.2) is 12.4 Å². The predicted molar refractivity (Wildman–Crippen MR) is 76.5 cm³/mol. The molecule has 1 aromatic rings. The summed E-state index contributed by atoms with van der Waals surface area (Å²) in [5, 5.41) is 8.06. The van der Waals surface area contributed by atoms with E-state index < -0.39 is 0 Å². The highest BCUT2D eigenvalue weighted by atomic mass is 16.5. The topological polar surface area (TPSA) is 48.3 Å². The third-order valence-electron chi connectivity index (χ3n) is 4.41. The first-order chi connectivity index (χ1) is 9.86. The summed E-state index contributed by atoms with van der Waals surface area (Å²) in [6, 6.07) is 0.614. The van der Waals surface area contributed by atoms with Crippen molar-refractivity contribution in [2.45, 2.75) is 44.9 Å². The number of hydrogen-bond acceptors (Lipinski definition) is 4. The maximum absolute atomic E-state index is 5.93. The van der Waals surface area contributed by atoms with E-state index in [9.17, 15) is 0 Å². The Morgan fingerprint density at radius 3 is 2.90 bits per heavy atom. The molecule has 2 aliphatic rings. The smallest absolute Gasteiger partial charge is 0.0896 e. The van der Waals surface area contributed by atoms with Crippen molar-refractivity contribution in [1.29, 1.82) is 0 Å². The molecule has 3 heterocycles. The van der Waals surface area contributed by atoms with Crippen LogP contribution in [0.5, 0.6) is 0 Å². The van der Waals surface area contributed by atoms with Crippen LogP contribution >= 0.6 is 0 Å². The van der Waals surface area contributed by atoms with E-state index in [1.54, 1.807) is 0 Å². The number of aromatic nitrogens is 2. The molecule has 1 N–H and O–H groups in total. The number of nitrogens with zero attached hydrogens (tertiary/aromatic N) is 2. The standard InChI is InChI=1S/C15H25N3O2/c1-2-18-11-13(10-17-18)15-12(3-8-20-15)9-16-14-4-6-19-7-5-14/h10-12,14-16H,2-9H2,1H3/t12-,15-/m0/s1. The van der Waals surface area contributed by atoms with Gasteiger partial charge in [0.25, 0.3) is 0 Å². The van der Waals surface area contributed by atoms with E-state index in [-0.39, 0.29) is 6.10 Å².